The monoisotopic (exact) mass is 428 g/mol. The highest BCUT2D eigenvalue weighted by molar-refractivity contribution is 6.14. The molecule has 0 radical (unpaired) electrons. The molecule has 1 heterocycles. The van der Waals surface area contributed by atoms with Gasteiger partial charge >= 0.3 is 0 Å². The minimum Gasteiger partial charge on any atom is -0.322 e. The van der Waals surface area contributed by atoms with Crippen LogP contribution < -0.4 is 5.32 Å². The molecule has 32 heavy (non-hydrogen) atoms. The largest absolute Gasteiger partial charge is 0.322 e. The third-order valence-electron chi connectivity index (χ3n) is 6.75. The van der Waals surface area contributed by atoms with Crippen LogP contribution in [0, 0.1) is 18.3 Å². The number of rotatable bonds is 4. The topological polar surface area (TPSA) is 58.5 Å². The quantitative estimate of drug-likeness (QED) is 0.648. The number of hydrogen-bond donors (Lipinski definition) is 1. The van der Waals surface area contributed by atoms with E-state index in [1.54, 1.807) is 0 Å². The summed E-state index contributed by atoms with van der Waals surface area (Å²) >= 11 is 0. The fourth-order valence-electron chi connectivity index (χ4n) is 5.11. The zero-order valence-electron chi connectivity index (χ0n) is 19.7. The minimum absolute atomic E-state index is 0.107. The average molecular weight is 429 g/mol. The van der Waals surface area contributed by atoms with E-state index in [1.807, 2.05) is 38.1 Å². The lowest BCUT2D eigenvalue weighted by Crippen LogP contribution is -2.44. The molecule has 2 aromatic rings. The van der Waals surface area contributed by atoms with E-state index < -0.39 is 0 Å². The first-order chi connectivity index (χ1) is 15.2. The van der Waals surface area contributed by atoms with Gasteiger partial charge in [-0.3, -0.25) is 14.6 Å². The van der Waals surface area contributed by atoms with Crippen molar-refractivity contribution >= 4 is 23.1 Å². The van der Waals surface area contributed by atoms with Crippen LogP contribution in [-0.2, 0) is 16.0 Å². The average Bonchev–Trinajstić information content (AvgIpc) is 2.73. The van der Waals surface area contributed by atoms with Crippen molar-refractivity contribution in [1.29, 1.82) is 0 Å². The van der Waals surface area contributed by atoms with Crippen molar-refractivity contribution in [2.24, 2.45) is 16.3 Å². The molecule has 2 aromatic carbocycles. The molecular formula is C28H32N2O2. The fourth-order valence-corrected chi connectivity index (χ4v) is 5.11. The predicted molar refractivity (Wildman–Crippen MR) is 130 cm³/mol. The summed E-state index contributed by atoms with van der Waals surface area (Å²) in [6.07, 6.45) is 2.23. The van der Waals surface area contributed by atoms with Gasteiger partial charge in [-0.2, -0.15) is 0 Å². The third kappa shape index (κ3) is 4.19. The number of ketones is 1. The van der Waals surface area contributed by atoms with Crippen molar-refractivity contribution in [3.63, 3.8) is 0 Å². The van der Waals surface area contributed by atoms with Gasteiger partial charge in [-0.05, 0) is 54.9 Å². The number of fused-ring (bicyclic) bond motifs is 1. The maximum atomic E-state index is 13.6. The van der Waals surface area contributed by atoms with Gasteiger partial charge in [-0.1, -0.05) is 63.2 Å². The summed E-state index contributed by atoms with van der Waals surface area (Å²) in [5, 5.41) is 3.08. The summed E-state index contributed by atoms with van der Waals surface area (Å²) in [5.74, 6) is -0.696. The molecule has 0 aromatic heterocycles. The van der Waals surface area contributed by atoms with Gasteiger partial charge in [0.1, 0.15) is 5.78 Å². The van der Waals surface area contributed by atoms with Gasteiger partial charge < -0.3 is 5.32 Å². The van der Waals surface area contributed by atoms with Gasteiger partial charge in [0, 0.05) is 35.0 Å². The molecule has 2 aliphatic rings. The van der Waals surface area contributed by atoms with Gasteiger partial charge in [-0.15, -0.1) is 0 Å². The van der Waals surface area contributed by atoms with Crippen LogP contribution in [-0.4, -0.2) is 17.4 Å². The molecule has 1 fully saturated rings. The van der Waals surface area contributed by atoms with Crippen LogP contribution in [0.15, 0.2) is 64.8 Å². The molecule has 1 unspecified atom stereocenters. The van der Waals surface area contributed by atoms with E-state index in [0.717, 1.165) is 35.4 Å². The number of benzene rings is 2. The van der Waals surface area contributed by atoms with Crippen molar-refractivity contribution in [2.45, 2.75) is 59.8 Å². The van der Waals surface area contributed by atoms with Crippen molar-refractivity contribution in [3.05, 3.63) is 76.5 Å². The second kappa shape index (κ2) is 8.50. The Balaban J connectivity index is 1.81. The highest BCUT2D eigenvalue weighted by atomic mass is 16.2. The van der Waals surface area contributed by atoms with Crippen LogP contribution in [0.4, 0.5) is 5.69 Å². The fraction of sp³-hybridized carbons (Fsp3) is 0.393. The predicted octanol–water partition coefficient (Wildman–Crippen LogP) is 6.01. The molecule has 1 amide bonds. The maximum absolute atomic E-state index is 13.6. The van der Waals surface area contributed by atoms with Gasteiger partial charge in [0.2, 0.25) is 0 Å². The zero-order valence-corrected chi connectivity index (χ0v) is 19.7. The second-order valence-corrected chi connectivity index (χ2v) is 9.91. The Bertz CT molecular complexity index is 1120. The number of Topliss-reactive ketones (excluding diaryl/α,β-unsaturated/α-hetero) is 1. The van der Waals surface area contributed by atoms with E-state index in [2.05, 4.69) is 50.4 Å². The molecule has 4 heteroatoms. The van der Waals surface area contributed by atoms with Gasteiger partial charge in [0.15, 0.2) is 0 Å². The summed E-state index contributed by atoms with van der Waals surface area (Å²) in [5.41, 5.74) is 6.13. The van der Waals surface area contributed by atoms with E-state index >= 15 is 0 Å². The summed E-state index contributed by atoms with van der Waals surface area (Å²) in [6.45, 7) is 10.2. The molecule has 1 N–H and O–H groups in total. The Morgan fingerprint density at radius 3 is 2.38 bits per heavy atom. The molecular weight excluding hydrogens is 396 g/mol. The van der Waals surface area contributed by atoms with E-state index in [1.165, 1.54) is 5.56 Å². The Morgan fingerprint density at radius 1 is 1.03 bits per heavy atom. The van der Waals surface area contributed by atoms with Crippen LogP contribution >= 0.6 is 0 Å². The molecule has 166 valence electrons. The summed E-state index contributed by atoms with van der Waals surface area (Å²) in [6, 6.07) is 16.1. The van der Waals surface area contributed by atoms with Crippen LogP contribution in [0.3, 0.4) is 0 Å². The second-order valence-electron chi connectivity index (χ2n) is 9.91. The van der Waals surface area contributed by atoms with E-state index in [4.69, 9.17) is 4.99 Å². The summed E-state index contributed by atoms with van der Waals surface area (Å²) in [4.78, 5) is 31.8. The Kier molecular flexibility index (Phi) is 5.89. The smallest absolute Gasteiger partial charge is 0.254 e. The van der Waals surface area contributed by atoms with Gasteiger partial charge in [-0.25, -0.2) is 0 Å². The molecule has 2 atom stereocenters. The number of hydrogen-bond acceptors (Lipinski definition) is 3. The van der Waals surface area contributed by atoms with E-state index in [-0.39, 0.29) is 28.9 Å². The molecule has 0 saturated heterocycles. The third-order valence-corrected chi connectivity index (χ3v) is 6.75. The Morgan fingerprint density at radius 2 is 1.72 bits per heavy atom. The van der Waals surface area contributed by atoms with Crippen molar-refractivity contribution in [2.75, 3.05) is 5.32 Å². The number of para-hydroxylation sites is 1. The van der Waals surface area contributed by atoms with Crippen molar-refractivity contribution in [3.8, 4) is 0 Å². The lowest BCUT2D eigenvalue weighted by molar-refractivity contribution is -0.124. The first-order valence-corrected chi connectivity index (χ1v) is 11.5. The number of aryl methyl sites for hydroxylation is 2. The number of nitrogens with one attached hydrogen (secondary N) is 1. The number of carbonyl (C=O) groups is 2. The molecule has 0 spiro atoms. The first-order valence-electron chi connectivity index (χ1n) is 11.5. The standard InChI is InChI=1S/C28H32N2O2/c1-6-19-11-13-20(14-12-19)25-24(27(32)30-21-10-8-7-9-17(21)2)18(3)29-22-15-28(4,5)16-23(31)26(22)25/h7-14,25-26H,6,15-16H2,1-5H3,(H,30,32)/t25-,26?/m0/s1. The van der Waals surface area contributed by atoms with Crippen LogP contribution in [0.1, 0.15) is 63.1 Å². The number of carbonyl (C=O) groups excluding carboxylic acids is 2. The van der Waals surface area contributed by atoms with Crippen LogP contribution in [0.5, 0.6) is 0 Å². The van der Waals surface area contributed by atoms with Gasteiger partial charge in [0.25, 0.3) is 5.91 Å². The number of nitrogens with zero attached hydrogens (tertiary/aromatic N) is 1. The Labute approximate surface area is 190 Å². The number of allylic oxidation sites excluding steroid dienone is 1. The normalized spacial score (nSPS) is 22.3. The van der Waals surface area contributed by atoms with Crippen LogP contribution in [0.25, 0.3) is 0 Å². The summed E-state index contributed by atoms with van der Waals surface area (Å²) in [7, 11) is 0. The lowest BCUT2D eigenvalue weighted by atomic mass is 9.63. The van der Waals surface area contributed by atoms with Crippen molar-refractivity contribution in [1.82, 2.24) is 0 Å². The molecule has 0 bridgehead atoms. The van der Waals surface area contributed by atoms with E-state index in [0.29, 0.717) is 17.7 Å². The van der Waals surface area contributed by atoms with Crippen LogP contribution in [0.2, 0.25) is 0 Å². The molecule has 4 nitrogen and oxygen atoms in total. The molecule has 4 rings (SSSR count). The molecule has 1 aliphatic carbocycles. The van der Waals surface area contributed by atoms with Gasteiger partial charge in [0.05, 0.1) is 5.92 Å². The SMILES string of the molecule is CCc1ccc([C@H]2C(C(=O)Nc3ccccc3C)=C(C)N=C3CC(C)(C)CC(=O)C32)cc1. The van der Waals surface area contributed by atoms with E-state index in [9.17, 15) is 9.59 Å². The Hall–Kier alpha value is -3.01. The number of aliphatic imine (C=N–C) groups is 1. The minimum atomic E-state index is -0.378. The molecule has 1 saturated carbocycles. The van der Waals surface area contributed by atoms with Crippen molar-refractivity contribution < 1.29 is 9.59 Å². The maximum Gasteiger partial charge on any atom is 0.254 e. The number of amides is 1. The number of anilines is 1. The lowest BCUT2D eigenvalue weighted by Gasteiger charge is -2.41. The highest BCUT2D eigenvalue weighted by Gasteiger charge is 2.47. The first kappa shape index (κ1) is 22.2. The molecule has 1 aliphatic heterocycles. The summed E-state index contributed by atoms with van der Waals surface area (Å²) < 4.78 is 0. The highest BCUT2D eigenvalue weighted by Crippen LogP contribution is 2.47. The zero-order chi connectivity index (χ0) is 23.0.